The van der Waals surface area contributed by atoms with E-state index >= 15 is 4.39 Å². The molecule has 1 aliphatic rings. The molecule has 9 heteroatoms. The Labute approximate surface area is 170 Å². The van der Waals surface area contributed by atoms with Crippen LogP contribution in [0.2, 0.25) is 0 Å². The fourth-order valence-corrected chi connectivity index (χ4v) is 3.92. The number of amides is 1. The Morgan fingerprint density at radius 1 is 1.33 bits per heavy atom. The van der Waals surface area contributed by atoms with Gasteiger partial charge >= 0.3 is 0 Å². The van der Waals surface area contributed by atoms with Crippen LogP contribution in [0, 0.1) is 18.7 Å². The van der Waals surface area contributed by atoms with Crippen molar-refractivity contribution < 1.29 is 13.6 Å². The van der Waals surface area contributed by atoms with Crippen LogP contribution in [0.15, 0.2) is 24.8 Å². The summed E-state index contributed by atoms with van der Waals surface area (Å²) in [4.78, 5) is 20.7. The Balaban J connectivity index is 1.59. The summed E-state index contributed by atoms with van der Waals surface area (Å²) in [6, 6.07) is 0. The highest BCUT2D eigenvalue weighted by Crippen LogP contribution is 2.38. The summed E-state index contributed by atoms with van der Waals surface area (Å²) in [6.07, 6.45) is 5.78. The van der Waals surface area contributed by atoms with Crippen LogP contribution < -0.4 is 5.32 Å². The van der Waals surface area contributed by atoms with Crippen molar-refractivity contribution in [3.05, 3.63) is 41.7 Å². The summed E-state index contributed by atoms with van der Waals surface area (Å²) in [5.74, 6) is -0.928. The predicted molar refractivity (Wildman–Crippen MR) is 108 cm³/mol. The molecule has 2 atom stereocenters. The standard InChI is InChI=1S/C21H20F2N6O/c1-9(2)17-19(23)10(3)18(12-5-25-28-20(12)17)14-7-29-8-15(26-16(29)6-24-14)27-21(30)11-4-13(11)22/h5-9,11,13H,4H2,1-3H3,(H,25,28)(H,27,30). The zero-order valence-electron chi connectivity index (χ0n) is 16.7. The Bertz CT molecular complexity index is 1310. The second-order valence-electron chi connectivity index (χ2n) is 8.05. The van der Waals surface area contributed by atoms with E-state index in [0.717, 1.165) is 5.39 Å². The lowest BCUT2D eigenvalue weighted by molar-refractivity contribution is -0.117. The largest absolute Gasteiger partial charge is 0.309 e. The van der Waals surface area contributed by atoms with Gasteiger partial charge in [-0.15, -0.1) is 0 Å². The van der Waals surface area contributed by atoms with E-state index in [1.165, 1.54) is 0 Å². The maximum absolute atomic E-state index is 15.2. The number of H-pyrrole nitrogens is 1. The number of carbonyl (C=O) groups is 1. The van der Waals surface area contributed by atoms with Crippen LogP contribution >= 0.6 is 0 Å². The first-order valence-electron chi connectivity index (χ1n) is 9.80. The lowest BCUT2D eigenvalue weighted by Crippen LogP contribution is -2.15. The van der Waals surface area contributed by atoms with Crippen molar-refractivity contribution in [3.8, 4) is 11.3 Å². The van der Waals surface area contributed by atoms with Crippen molar-refractivity contribution in [1.82, 2.24) is 24.6 Å². The van der Waals surface area contributed by atoms with Crippen LogP contribution in [0.4, 0.5) is 14.6 Å². The van der Waals surface area contributed by atoms with Crippen molar-refractivity contribution in [2.75, 3.05) is 5.32 Å². The van der Waals surface area contributed by atoms with E-state index in [4.69, 9.17) is 0 Å². The average molecular weight is 410 g/mol. The molecule has 1 saturated carbocycles. The molecule has 0 bridgehead atoms. The maximum atomic E-state index is 15.2. The monoisotopic (exact) mass is 410 g/mol. The first kappa shape index (κ1) is 18.7. The van der Waals surface area contributed by atoms with Gasteiger partial charge in [-0.2, -0.15) is 5.10 Å². The molecule has 3 aromatic heterocycles. The number of imidazole rings is 1. The zero-order chi connectivity index (χ0) is 21.2. The molecule has 0 radical (unpaired) electrons. The number of aromatic amines is 1. The summed E-state index contributed by atoms with van der Waals surface area (Å²) >= 11 is 0. The second kappa shape index (κ2) is 6.58. The van der Waals surface area contributed by atoms with Crippen LogP contribution in [-0.4, -0.2) is 36.6 Å². The molecule has 1 aliphatic carbocycles. The van der Waals surface area contributed by atoms with Crippen molar-refractivity contribution in [2.24, 2.45) is 5.92 Å². The van der Waals surface area contributed by atoms with Crippen molar-refractivity contribution >= 4 is 28.3 Å². The number of nitrogens with zero attached hydrogens (tertiary/aromatic N) is 4. The zero-order valence-corrected chi connectivity index (χ0v) is 16.7. The topological polar surface area (TPSA) is 88.0 Å². The summed E-state index contributed by atoms with van der Waals surface area (Å²) in [5.41, 5.74) is 3.48. The highest BCUT2D eigenvalue weighted by molar-refractivity contribution is 5.97. The quantitative estimate of drug-likeness (QED) is 0.529. The predicted octanol–water partition coefficient (Wildman–Crippen LogP) is 4.14. The van der Waals surface area contributed by atoms with E-state index in [-0.39, 0.29) is 24.1 Å². The fraction of sp³-hybridized carbons (Fsp3) is 0.333. The summed E-state index contributed by atoms with van der Waals surface area (Å²) in [5, 5.41) is 10.5. The first-order valence-corrected chi connectivity index (χ1v) is 9.80. The van der Waals surface area contributed by atoms with Crippen molar-refractivity contribution in [3.63, 3.8) is 0 Å². The minimum absolute atomic E-state index is 0.00802. The maximum Gasteiger partial charge on any atom is 0.231 e. The number of nitrogens with one attached hydrogen (secondary N) is 2. The van der Waals surface area contributed by atoms with Crippen LogP contribution in [0.3, 0.4) is 0 Å². The number of alkyl halides is 1. The van der Waals surface area contributed by atoms with E-state index in [1.807, 2.05) is 13.8 Å². The number of hydrogen-bond acceptors (Lipinski definition) is 4. The highest BCUT2D eigenvalue weighted by Gasteiger charge is 2.43. The second-order valence-corrected chi connectivity index (χ2v) is 8.05. The minimum atomic E-state index is -1.07. The lowest BCUT2D eigenvalue weighted by atomic mass is 9.92. The fourth-order valence-electron chi connectivity index (χ4n) is 3.92. The molecule has 0 saturated heterocycles. The molecular formula is C21H20F2N6O. The summed E-state index contributed by atoms with van der Waals surface area (Å²) < 4.78 is 30.0. The molecule has 5 rings (SSSR count). The van der Waals surface area contributed by atoms with Gasteiger partial charge in [0.2, 0.25) is 5.91 Å². The lowest BCUT2D eigenvalue weighted by Gasteiger charge is -2.15. The number of rotatable bonds is 4. The molecule has 4 aromatic rings. The Kier molecular flexibility index (Phi) is 4.09. The normalized spacial score (nSPS) is 18.5. The summed E-state index contributed by atoms with van der Waals surface area (Å²) in [7, 11) is 0. The van der Waals surface area contributed by atoms with E-state index in [0.29, 0.717) is 39.4 Å². The van der Waals surface area contributed by atoms with Gasteiger partial charge in [-0.05, 0) is 24.8 Å². The molecule has 0 spiro atoms. The molecule has 2 unspecified atom stereocenters. The number of carbonyl (C=O) groups excluding carboxylic acids is 1. The third-order valence-corrected chi connectivity index (χ3v) is 5.59. The molecule has 1 amide bonds. The molecule has 2 N–H and O–H groups in total. The third-order valence-electron chi connectivity index (χ3n) is 5.59. The number of anilines is 1. The number of hydrogen-bond donors (Lipinski definition) is 2. The van der Waals surface area contributed by atoms with Gasteiger partial charge in [0.25, 0.3) is 0 Å². The summed E-state index contributed by atoms with van der Waals surface area (Å²) in [6.45, 7) is 5.61. The van der Waals surface area contributed by atoms with Crippen LogP contribution in [0.1, 0.15) is 37.3 Å². The Morgan fingerprint density at radius 2 is 2.10 bits per heavy atom. The van der Waals surface area contributed by atoms with Gasteiger partial charge in [-0.1, -0.05) is 13.8 Å². The minimum Gasteiger partial charge on any atom is -0.309 e. The van der Waals surface area contributed by atoms with E-state index in [2.05, 4.69) is 25.5 Å². The van der Waals surface area contributed by atoms with Crippen molar-refractivity contribution in [1.29, 1.82) is 0 Å². The van der Waals surface area contributed by atoms with E-state index in [9.17, 15) is 9.18 Å². The third kappa shape index (κ3) is 2.84. The number of aromatic nitrogens is 5. The number of fused-ring (bicyclic) bond motifs is 2. The van der Waals surface area contributed by atoms with Gasteiger partial charge in [0.1, 0.15) is 12.0 Å². The molecule has 1 aromatic carbocycles. The first-order chi connectivity index (χ1) is 14.3. The van der Waals surface area contributed by atoms with Crippen molar-refractivity contribution in [2.45, 2.75) is 39.3 Å². The smallest absolute Gasteiger partial charge is 0.231 e. The molecule has 3 heterocycles. The molecule has 154 valence electrons. The van der Waals surface area contributed by atoms with Crippen LogP contribution in [0.25, 0.3) is 27.8 Å². The molecule has 1 fully saturated rings. The van der Waals surface area contributed by atoms with Gasteiger partial charge in [0.05, 0.1) is 35.7 Å². The van der Waals surface area contributed by atoms with Crippen LogP contribution in [0.5, 0.6) is 0 Å². The van der Waals surface area contributed by atoms with Gasteiger partial charge in [-0.25, -0.2) is 13.8 Å². The SMILES string of the molecule is Cc1c(F)c(C(C)C)c2[nH]ncc2c1-c1cn2cc(NC(=O)C3CC3F)nc2cn1. The van der Waals surface area contributed by atoms with Gasteiger partial charge in [0.15, 0.2) is 11.5 Å². The molecular weight excluding hydrogens is 390 g/mol. The Hall–Kier alpha value is -3.36. The average Bonchev–Trinajstić information content (AvgIpc) is 3.08. The van der Waals surface area contributed by atoms with Gasteiger partial charge < -0.3 is 9.72 Å². The van der Waals surface area contributed by atoms with Gasteiger partial charge in [-0.3, -0.25) is 14.9 Å². The van der Waals surface area contributed by atoms with Gasteiger partial charge in [0, 0.05) is 22.7 Å². The highest BCUT2D eigenvalue weighted by atomic mass is 19.1. The molecule has 7 nitrogen and oxygen atoms in total. The van der Waals surface area contributed by atoms with E-state index < -0.39 is 12.1 Å². The molecule has 0 aliphatic heterocycles. The van der Waals surface area contributed by atoms with E-state index in [1.54, 1.807) is 36.1 Å². The number of benzene rings is 1. The molecule has 30 heavy (non-hydrogen) atoms. The van der Waals surface area contributed by atoms with Crippen LogP contribution in [-0.2, 0) is 4.79 Å². The number of halogens is 2. The Morgan fingerprint density at radius 3 is 2.80 bits per heavy atom.